The third kappa shape index (κ3) is 3.93. The molecule has 0 radical (unpaired) electrons. The third-order valence-electron chi connectivity index (χ3n) is 4.75. The number of hydrogen-bond acceptors (Lipinski definition) is 4. The van der Waals surface area contributed by atoms with E-state index in [1.165, 1.54) is 5.06 Å². The predicted molar refractivity (Wildman–Crippen MR) is 97.1 cm³/mol. The molecule has 0 saturated carbocycles. The van der Waals surface area contributed by atoms with Crippen LogP contribution in [0.3, 0.4) is 0 Å². The topological polar surface area (TPSA) is 41.9 Å². The molecule has 2 aromatic rings. The second-order valence-electron chi connectivity index (χ2n) is 7.31. The van der Waals surface area contributed by atoms with Crippen LogP contribution >= 0.6 is 0 Å². The van der Waals surface area contributed by atoms with E-state index in [0.29, 0.717) is 13.2 Å². The van der Waals surface area contributed by atoms with Crippen LogP contribution in [-0.2, 0) is 9.47 Å². The van der Waals surface area contributed by atoms with Gasteiger partial charge in [-0.2, -0.15) is 5.06 Å². The van der Waals surface area contributed by atoms with Crippen molar-refractivity contribution in [2.45, 2.75) is 38.6 Å². The summed E-state index contributed by atoms with van der Waals surface area (Å²) in [7, 11) is 0. The number of nitrogens with zero attached hydrogens (tertiary/aromatic N) is 1. The molecule has 1 N–H and O–H groups in total. The van der Waals surface area contributed by atoms with Crippen molar-refractivity contribution in [3.63, 3.8) is 0 Å². The molecule has 134 valence electrons. The molecule has 4 heteroatoms. The smallest absolute Gasteiger partial charge is 0.183 e. The first kappa shape index (κ1) is 18.1. The lowest BCUT2D eigenvalue weighted by atomic mass is 9.91. The Kier molecular flexibility index (Phi) is 5.54. The van der Waals surface area contributed by atoms with Crippen molar-refractivity contribution < 1.29 is 14.7 Å². The van der Waals surface area contributed by atoms with Crippen LogP contribution in [0.2, 0.25) is 0 Å². The normalized spacial score (nSPS) is 25.3. The summed E-state index contributed by atoms with van der Waals surface area (Å²) in [6.07, 6.45) is -0.378. The van der Waals surface area contributed by atoms with E-state index in [-0.39, 0.29) is 18.2 Å². The number of ether oxygens (including phenoxy) is 2. The van der Waals surface area contributed by atoms with Gasteiger partial charge < -0.3 is 14.7 Å². The molecule has 1 aliphatic heterocycles. The Morgan fingerprint density at radius 1 is 0.960 bits per heavy atom. The molecule has 4 nitrogen and oxygen atoms in total. The molecule has 3 rings (SSSR count). The molecular formula is C21H27NO3. The van der Waals surface area contributed by atoms with E-state index in [2.05, 4.69) is 26.0 Å². The molecule has 1 heterocycles. The molecule has 1 atom stereocenters. The highest BCUT2D eigenvalue weighted by Crippen LogP contribution is 2.36. The fraction of sp³-hybridized carbons (Fsp3) is 0.429. The van der Waals surface area contributed by atoms with E-state index in [4.69, 9.17) is 9.47 Å². The van der Waals surface area contributed by atoms with Gasteiger partial charge in [-0.1, -0.05) is 74.5 Å². The Morgan fingerprint density at radius 3 is 2.00 bits per heavy atom. The van der Waals surface area contributed by atoms with Crippen molar-refractivity contribution >= 4 is 0 Å². The van der Waals surface area contributed by atoms with E-state index < -0.39 is 5.54 Å². The third-order valence-corrected chi connectivity index (χ3v) is 4.75. The summed E-state index contributed by atoms with van der Waals surface area (Å²) in [4.78, 5) is 0. The number of hydroxylamine groups is 2. The summed E-state index contributed by atoms with van der Waals surface area (Å²) >= 11 is 0. The minimum Gasteiger partial charge on any atom is -0.346 e. The first-order valence-corrected chi connectivity index (χ1v) is 8.82. The summed E-state index contributed by atoms with van der Waals surface area (Å²) < 4.78 is 11.9. The maximum absolute atomic E-state index is 11.0. The molecule has 0 aromatic heterocycles. The second kappa shape index (κ2) is 7.67. The lowest BCUT2D eigenvalue weighted by molar-refractivity contribution is -0.302. The highest BCUT2D eigenvalue weighted by molar-refractivity contribution is 5.20. The van der Waals surface area contributed by atoms with Gasteiger partial charge in [-0.15, -0.1) is 0 Å². The van der Waals surface area contributed by atoms with Crippen LogP contribution in [0.5, 0.6) is 0 Å². The molecule has 0 spiro atoms. The Hall–Kier alpha value is -1.72. The molecule has 25 heavy (non-hydrogen) atoms. The lowest BCUT2D eigenvalue weighted by Crippen LogP contribution is -2.56. The molecule has 1 unspecified atom stereocenters. The SMILES string of the molecule is CC(C)C(c1ccccc1)N(O)C1(C)COC(c2ccccc2)OC1. The maximum Gasteiger partial charge on any atom is 0.183 e. The maximum atomic E-state index is 11.0. The summed E-state index contributed by atoms with van der Waals surface area (Å²) in [5.74, 6) is 0.246. The van der Waals surface area contributed by atoms with Gasteiger partial charge in [0.05, 0.1) is 24.8 Å². The summed E-state index contributed by atoms with van der Waals surface area (Å²) in [5, 5.41) is 12.5. The van der Waals surface area contributed by atoms with Crippen LogP contribution in [0, 0.1) is 5.92 Å². The van der Waals surface area contributed by atoms with Gasteiger partial charge in [0.15, 0.2) is 6.29 Å². The minimum absolute atomic E-state index is 0.119. The highest BCUT2D eigenvalue weighted by atomic mass is 16.7. The van der Waals surface area contributed by atoms with Gasteiger partial charge in [0.25, 0.3) is 0 Å². The van der Waals surface area contributed by atoms with Crippen LogP contribution in [-0.4, -0.2) is 29.0 Å². The van der Waals surface area contributed by atoms with E-state index >= 15 is 0 Å². The Balaban J connectivity index is 1.74. The van der Waals surface area contributed by atoms with Gasteiger partial charge in [0, 0.05) is 5.56 Å². The van der Waals surface area contributed by atoms with E-state index in [9.17, 15) is 5.21 Å². The molecule has 2 aromatic carbocycles. The molecule has 1 fully saturated rings. The van der Waals surface area contributed by atoms with Gasteiger partial charge in [-0.25, -0.2) is 0 Å². The minimum atomic E-state index is -0.601. The lowest BCUT2D eigenvalue weighted by Gasteiger charge is -2.46. The van der Waals surface area contributed by atoms with Gasteiger partial charge >= 0.3 is 0 Å². The van der Waals surface area contributed by atoms with Crippen LogP contribution in [0.15, 0.2) is 60.7 Å². The van der Waals surface area contributed by atoms with Crippen LogP contribution < -0.4 is 0 Å². The first-order chi connectivity index (χ1) is 12.0. The molecule has 1 aliphatic rings. The van der Waals surface area contributed by atoms with Gasteiger partial charge in [-0.05, 0) is 18.4 Å². The quantitative estimate of drug-likeness (QED) is 0.808. The largest absolute Gasteiger partial charge is 0.346 e. The first-order valence-electron chi connectivity index (χ1n) is 8.82. The van der Waals surface area contributed by atoms with Crippen LogP contribution in [0.25, 0.3) is 0 Å². The van der Waals surface area contributed by atoms with Crippen LogP contribution in [0.1, 0.15) is 44.2 Å². The van der Waals surface area contributed by atoms with Crippen LogP contribution in [0.4, 0.5) is 0 Å². The van der Waals surface area contributed by atoms with Gasteiger partial charge in [0.1, 0.15) is 0 Å². The van der Waals surface area contributed by atoms with Crippen molar-refractivity contribution in [1.29, 1.82) is 0 Å². The Bertz CT molecular complexity index is 651. The Labute approximate surface area is 150 Å². The van der Waals surface area contributed by atoms with Crippen molar-refractivity contribution in [1.82, 2.24) is 5.06 Å². The standard InChI is InChI=1S/C21H27NO3/c1-16(2)19(17-10-6-4-7-11-17)22(23)21(3)14-24-20(25-15-21)18-12-8-5-9-13-18/h4-13,16,19-20,23H,14-15H2,1-3H3. The van der Waals surface area contributed by atoms with E-state index in [1.54, 1.807) is 0 Å². The molecule has 0 aliphatic carbocycles. The Morgan fingerprint density at radius 2 is 1.48 bits per heavy atom. The van der Waals surface area contributed by atoms with Crippen molar-refractivity contribution in [3.8, 4) is 0 Å². The van der Waals surface area contributed by atoms with Crippen molar-refractivity contribution in [3.05, 3.63) is 71.8 Å². The number of benzene rings is 2. The number of hydrogen-bond donors (Lipinski definition) is 1. The monoisotopic (exact) mass is 341 g/mol. The molecule has 1 saturated heterocycles. The zero-order valence-electron chi connectivity index (χ0n) is 15.1. The fourth-order valence-corrected chi connectivity index (χ4v) is 3.33. The molecule has 0 amide bonds. The zero-order valence-corrected chi connectivity index (χ0v) is 15.1. The van der Waals surface area contributed by atoms with E-state index in [1.807, 2.05) is 55.5 Å². The summed E-state index contributed by atoms with van der Waals surface area (Å²) in [6.45, 7) is 7.01. The fourth-order valence-electron chi connectivity index (χ4n) is 3.33. The predicted octanol–water partition coefficient (Wildman–Crippen LogP) is 4.58. The average Bonchev–Trinajstić information content (AvgIpc) is 2.64. The zero-order chi connectivity index (χ0) is 17.9. The average molecular weight is 341 g/mol. The van der Waals surface area contributed by atoms with E-state index in [0.717, 1.165) is 11.1 Å². The molecule has 0 bridgehead atoms. The molecular weight excluding hydrogens is 314 g/mol. The van der Waals surface area contributed by atoms with Crippen molar-refractivity contribution in [2.24, 2.45) is 5.92 Å². The van der Waals surface area contributed by atoms with Gasteiger partial charge in [-0.3, -0.25) is 0 Å². The summed E-state index contributed by atoms with van der Waals surface area (Å²) in [6, 6.07) is 19.9. The van der Waals surface area contributed by atoms with Gasteiger partial charge in [0.2, 0.25) is 0 Å². The number of rotatable bonds is 5. The summed E-state index contributed by atoms with van der Waals surface area (Å²) in [5.41, 5.74) is 1.49. The second-order valence-corrected chi connectivity index (χ2v) is 7.31. The highest BCUT2D eigenvalue weighted by Gasteiger charge is 2.42. The van der Waals surface area contributed by atoms with Crippen molar-refractivity contribution in [2.75, 3.05) is 13.2 Å².